The molecule has 5 N–H and O–H groups in total. The van der Waals surface area contributed by atoms with Gasteiger partial charge in [0.05, 0.1) is 12.6 Å². The number of hydrogen-bond acceptors (Lipinski definition) is 6. The van der Waals surface area contributed by atoms with Gasteiger partial charge in [0, 0.05) is 58.2 Å². The first-order valence-electron chi connectivity index (χ1n) is 15.6. The number of aliphatic imine (C=N–C) groups is 1. The molecule has 10 heteroatoms. The predicted molar refractivity (Wildman–Crippen MR) is 176 cm³/mol. The highest BCUT2D eigenvalue weighted by molar-refractivity contribution is 5.98. The summed E-state index contributed by atoms with van der Waals surface area (Å²) in [4.78, 5) is 31.2. The standard InChI is InChI=1S/C32H36F2N4O2.C2H6.CH3NO/c1-5-6-20(14-37-32(39)21-11-18(3)29(35)22(12-21)15-36-23-7-8-23)27-13-24-19(4)16-40-31(24)30(38-27)25-9-17(2)10-26(33)28(25)34;1-2;2-1-3/h9-13,15,19-20,23H,5-8,14,16,35H2,1-4H3,(H,37,39);1-2H3;1H,(H2,2,3). The summed E-state index contributed by atoms with van der Waals surface area (Å²) in [5.41, 5.74) is 15.7. The number of rotatable bonds is 9. The molecule has 1 aliphatic carbocycles. The van der Waals surface area contributed by atoms with Crippen LogP contribution in [0.15, 0.2) is 35.3 Å². The average molecular weight is 622 g/mol. The number of carbonyl (C=O) groups is 2. The van der Waals surface area contributed by atoms with Crippen molar-refractivity contribution in [2.24, 2.45) is 10.7 Å². The number of primary amides is 1. The van der Waals surface area contributed by atoms with E-state index < -0.39 is 11.6 Å². The summed E-state index contributed by atoms with van der Waals surface area (Å²) in [7, 11) is 0. The minimum atomic E-state index is -0.944. The third-order valence-corrected chi connectivity index (χ3v) is 7.67. The van der Waals surface area contributed by atoms with Gasteiger partial charge in [-0.05, 0) is 74.6 Å². The Hall–Kier alpha value is -4.34. The maximum absolute atomic E-state index is 15.0. The molecule has 2 amide bonds. The molecule has 0 spiro atoms. The largest absolute Gasteiger partial charge is 0.490 e. The van der Waals surface area contributed by atoms with E-state index in [9.17, 15) is 9.18 Å². The van der Waals surface area contributed by atoms with Crippen LogP contribution >= 0.6 is 0 Å². The van der Waals surface area contributed by atoms with Crippen LogP contribution in [0.3, 0.4) is 0 Å². The quantitative estimate of drug-likeness (QED) is 0.138. The van der Waals surface area contributed by atoms with Crippen molar-refractivity contribution < 1.29 is 23.1 Å². The molecule has 1 aromatic heterocycles. The van der Waals surface area contributed by atoms with Crippen LogP contribution in [-0.4, -0.2) is 42.7 Å². The van der Waals surface area contributed by atoms with E-state index in [1.165, 1.54) is 6.07 Å². The number of anilines is 1. The number of pyridine rings is 1. The van der Waals surface area contributed by atoms with E-state index in [1.807, 2.05) is 33.8 Å². The van der Waals surface area contributed by atoms with Gasteiger partial charge >= 0.3 is 0 Å². The summed E-state index contributed by atoms with van der Waals surface area (Å²) >= 11 is 0. The smallest absolute Gasteiger partial charge is 0.251 e. The van der Waals surface area contributed by atoms with Crippen molar-refractivity contribution in [1.82, 2.24) is 10.3 Å². The Morgan fingerprint density at radius 2 is 1.87 bits per heavy atom. The summed E-state index contributed by atoms with van der Waals surface area (Å²) in [5.74, 6) is -1.62. The summed E-state index contributed by atoms with van der Waals surface area (Å²) in [6, 6.07) is 8.68. The van der Waals surface area contributed by atoms with Crippen molar-refractivity contribution in [1.29, 1.82) is 0 Å². The van der Waals surface area contributed by atoms with Gasteiger partial charge in [-0.25, -0.2) is 13.8 Å². The third kappa shape index (κ3) is 8.65. The first-order chi connectivity index (χ1) is 21.6. The minimum Gasteiger partial charge on any atom is -0.490 e. The molecule has 0 saturated heterocycles. The summed E-state index contributed by atoms with van der Waals surface area (Å²) in [6.45, 7) is 12.5. The molecule has 3 aromatic rings. The van der Waals surface area contributed by atoms with Crippen molar-refractivity contribution in [2.45, 2.75) is 85.1 Å². The Balaban J connectivity index is 0.00000104. The van der Waals surface area contributed by atoms with Crippen molar-refractivity contribution >= 4 is 24.2 Å². The van der Waals surface area contributed by atoms with E-state index in [2.05, 4.69) is 23.0 Å². The van der Waals surface area contributed by atoms with E-state index in [0.29, 0.717) is 47.5 Å². The Morgan fingerprint density at radius 3 is 2.51 bits per heavy atom. The number of hydrogen-bond donors (Lipinski definition) is 3. The Labute approximate surface area is 264 Å². The number of carbonyl (C=O) groups excluding carboxylic acids is 2. The number of nitrogens with zero attached hydrogens (tertiary/aromatic N) is 2. The molecule has 242 valence electrons. The highest BCUT2D eigenvalue weighted by atomic mass is 19.2. The number of aromatic nitrogens is 1. The van der Waals surface area contributed by atoms with E-state index in [4.69, 9.17) is 20.2 Å². The molecule has 2 atom stereocenters. The molecular weight excluding hydrogens is 576 g/mol. The van der Waals surface area contributed by atoms with Crippen LogP contribution < -0.4 is 21.5 Å². The normalized spacial score (nSPS) is 15.6. The number of amides is 2. The van der Waals surface area contributed by atoms with Crippen molar-refractivity contribution in [2.75, 3.05) is 18.9 Å². The Morgan fingerprint density at radius 1 is 1.18 bits per heavy atom. The first-order valence-corrected chi connectivity index (χ1v) is 15.6. The molecule has 2 aromatic carbocycles. The highest BCUT2D eigenvalue weighted by Crippen LogP contribution is 2.43. The van der Waals surface area contributed by atoms with Crippen LogP contribution in [0.2, 0.25) is 0 Å². The van der Waals surface area contributed by atoms with Crippen molar-refractivity contribution in [3.05, 3.63) is 75.5 Å². The highest BCUT2D eigenvalue weighted by Gasteiger charge is 2.30. The number of nitrogens with one attached hydrogen (secondary N) is 1. The number of nitrogens with two attached hydrogens (primary N) is 2. The van der Waals surface area contributed by atoms with Gasteiger partial charge in [0.25, 0.3) is 5.91 Å². The Kier molecular flexibility index (Phi) is 12.6. The Bertz CT molecular complexity index is 1540. The number of nitrogen functional groups attached to an aromatic ring is 1. The summed E-state index contributed by atoms with van der Waals surface area (Å²) < 4.78 is 35.3. The van der Waals surface area contributed by atoms with Gasteiger partial charge in [0.1, 0.15) is 11.4 Å². The van der Waals surface area contributed by atoms with E-state index >= 15 is 4.39 Å². The fourth-order valence-corrected chi connectivity index (χ4v) is 5.17. The molecule has 2 unspecified atom stereocenters. The van der Waals surface area contributed by atoms with Crippen LogP contribution in [0.1, 0.15) is 104 Å². The number of fused-ring (bicyclic) bond motifs is 1. The number of benzene rings is 2. The molecule has 1 saturated carbocycles. The van der Waals surface area contributed by atoms with E-state index in [1.54, 1.807) is 31.3 Å². The third-order valence-electron chi connectivity index (χ3n) is 7.67. The number of ether oxygens (including phenoxy) is 1. The van der Waals surface area contributed by atoms with Crippen LogP contribution in [0, 0.1) is 25.5 Å². The molecule has 5 rings (SSSR count). The summed E-state index contributed by atoms with van der Waals surface area (Å²) in [6.07, 6.45) is 5.80. The first kappa shape index (κ1) is 35.1. The van der Waals surface area contributed by atoms with Gasteiger partial charge in [-0.3, -0.25) is 14.6 Å². The zero-order chi connectivity index (χ0) is 33.3. The van der Waals surface area contributed by atoms with Gasteiger partial charge in [0.2, 0.25) is 6.41 Å². The van der Waals surface area contributed by atoms with E-state index in [0.717, 1.165) is 48.1 Å². The monoisotopic (exact) mass is 621 g/mol. The van der Waals surface area contributed by atoms with Crippen molar-refractivity contribution in [3.8, 4) is 17.0 Å². The molecule has 0 bridgehead atoms. The van der Waals surface area contributed by atoms with Crippen LogP contribution in [-0.2, 0) is 4.79 Å². The lowest BCUT2D eigenvalue weighted by Gasteiger charge is -2.20. The lowest BCUT2D eigenvalue weighted by Crippen LogP contribution is -2.29. The molecule has 1 fully saturated rings. The average Bonchev–Trinajstić information content (AvgIpc) is 3.78. The van der Waals surface area contributed by atoms with Gasteiger partial charge in [0.15, 0.2) is 11.6 Å². The van der Waals surface area contributed by atoms with Crippen LogP contribution in [0.5, 0.6) is 5.75 Å². The number of halogens is 2. The fourth-order valence-electron chi connectivity index (χ4n) is 5.17. The van der Waals surface area contributed by atoms with Crippen molar-refractivity contribution in [3.63, 3.8) is 0 Å². The maximum atomic E-state index is 15.0. The van der Waals surface area contributed by atoms with Crippen LogP contribution in [0.25, 0.3) is 11.3 Å². The minimum absolute atomic E-state index is 0.0820. The maximum Gasteiger partial charge on any atom is 0.251 e. The number of aryl methyl sites for hydroxylation is 2. The van der Waals surface area contributed by atoms with Gasteiger partial charge in [-0.2, -0.15) is 0 Å². The zero-order valence-electron chi connectivity index (χ0n) is 27.0. The molecule has 45 heavy (non-hydrogen) atoms. The molecular formula is C35H45F2N5O3. The lowest BCUT2D eigenvalue weighted by atomic mass is 9.93. The molecule has 2 heterocycles. The molecule has 8 nitrogen and oxygen atoms in total. The van der Waals surface area contributed by atoms with Gasteiger partial charge in [-0.15, -0.1) is 0 Å². The second-order valence-corrected chi connectivity index (χ2v) is 11.3. The topological polar surface area (TPSA) is 133 Å². The van der Waals surface area contributed by atoms with Gasteiger partial charge in [-0.1, -0.05) is 34.1 Å². The van der Waals surface area contributed by atoms with E-state index in [-0.39, 0.29) is 29.7 Å². The molecule has 1 aliphatic heterocycles. The predicted octanol–water partition coefficient (Wildman–Crippen LogP) is 6.74. The second-order valence-electron chi connectivity index (χ2n) is 11.3. The SMILES string of the molecule is CC.CCCC(CNC(=O)c1cc(C)c(N)c(C=NC2CC2)c1)c1cc2c(c(-c3cc(C)cc(F)c3F)n1)OCC2C.NC=O. The second kappa shape index (κ2) is 16.1. The lowest BCUT2D eigenvalue weighted by molar-refractivity contribution is -0.106. The molecule has 0 radical (unpaired) electrons. The fraction of sp³-hybridized carbons (Fsp3) is 0.429. The molecule has 2 aliphatic rings. The summed E-state index contributed by atoms with van der Waals surface area (Å²) in [5, 5.41) is 3.07. The van der Waals surface area contributed by atoms with Crippen LogP contribution in [0.4, 0.5) is 14.5 Å². The zero-order valence-corrected chi connectivity index (χ0v) is 27.0. The van der Waals surface area contributed by atoms with Gasteiger partial charge < -0.3 is 21.5 Å².